The number of nitrogens with zero attached hydrogens (tertiary/aromatic N) is 1. The van der Waals surface area contributed by atoms with Crippen molar-refractivity contribution < 1.29 is 28.4 Å². The molecule has 2 aliphatic rings. The summed E-state index contributed by atoms with van der Waals surface area (Å²) < 4.78 is 23.2. The Morgan fingerprint density at radius 1 is 1.16 bits per heavy atom. The van der Waals surface area contributed by atoms with Gasteiger partial charge in [-0.05, 0) is 72.5 Å². The summed E-state index contributed by atoms with van der Waals surface area (Å²) in [4.78, 5) is 25.8. The van der Waals surface area contributed by atoms with Gasteiger partial charge in [0.1, 0.15) is 11.4 Å². The SMILES string of the molecule is Cc1cc(B2OC(C)(C)C(C)(C)O2)ccc1OCC(=O)NC1CN(C(=O)OC(C)(C)C)C1. The van der Waals surface area contributed by atoms with Gasteiger partial charge in [-0.3, -0.25) is 4.79 Å². The van der Waals surface area contributed by atoms with E-state index in [4.69, 9.17) is 18.8 Å². The van der Waals surface area contributed by atoms with Crippen LogP contribution in [0.4, 0.5) is 4.79 Å². The molecule has 2 saturated heterocycles. The molecular formula is C23H35BN2O6. The van der Waals surface area contributed by atoms with Crippen molar-refractivity contribution in [3.05, 3.63) is 23.8 Å². The highest BCUT2D eigenvalue weighted by atomic mass is 16.7. The number of ether oxygens (including phenoxy) is 2. The first-order valence-corrected chi connectivity index (χ1v) is 11.0. The maximum atomic E-state index is 12.2. The molecule has 0 unspecified atom stereocenters. The topological polar surface area (TPSA) is 86.3 Å². The fourth-order valence-electron chi connectivity index (χ4n) is 3.42. The lowest BCUT2D eigenvalue weighted by atomic mass is 9.78. The molecule has 1 aromatic carbocycles. The Labute approximate surface area is 191 Å². The van der Waals surface area contributed by atoms with Crippen LogP contribution in [0.2, 0.25) is 0 Å². The van der Waals surface area contributed by atoms with Crippen molar-refractivity contribution in [3.63, 3.8) is 0 Å². The predicted molar refractivity (Wildman–Crippen MR) is 122 cm³/mol. The number of benzene rings is 1. The van der Waals surface area contributed by atoms with E-state index in [9.17, 15) is 9.59 Å². The van der Waals surface area contributed by atoms with E-state index in [1.165, 1.54) is 0 Å². The fraction of sp³-hybridized carbons (Fsp3) is 0.652. The number of carbonyl (C=O) groups excluding carboxylic acids is 2. The lowest BCUT2D eigenvalue weighted by Gasteiger charge is -2.39. The second kappa shape index (κ2) is 8.59. The highest BCUT2D eigenvalue weighted by Gasteiger charge is 2.51. The van der Waals surface area contributed by atoms with Crippen LogP contribution in [-0.4, -0.2) is 66.6 Å². The molecule has 0 aromatic heterocycles. The molecule has 9 heteroatoms. The molecule has 32 heavy (non-hydrogen) atoms. The Bertz CT molecular complexity index is 858. The van der Waals surface area contributed by atoms with Gasteiger partial charge in [0.05, 0.1) is 17.2 Å². The summed E-state index contributed by atoms with van der Waals surface area (Å²) in [5, 5.41) is 2.87. The van der Waals surface area contributed by atoms with E-state index >= 15 is 0 Å². The van der Waals surface area contributed by atoms with Gasteiger partial charge >= 0.3 is 13.2 Å². The fourth-order valence-corrected chi connectivity index (χ4v) is 3.42. The van der Waals surface area contributed by atoms with Gasteiger partial charge in [0.25, 0.3) is 5.91 Å². The molecule has 2 heterocycles. The summed E-state index contributed by atoms with van der Waals surface area (Å²) in [5.74, 6) is 0.401. The van der Waals surface area contributed by atoms with Crippen molar-refractivity contribution in [1.82, 2.24) is 10.2 Å². The van der Waals surface area contributed by atoms with E-state index in [1.54, 1.807) is 4.90 Å². The smallest absolute Gasteiger partial charge is 0.484 e. The van der Waals surface area contributed by atoms with E-state index in [2.05, 4.69) is 5.32 Å². The Morgan fingerprint density at radius 3 is 2.28 bits per heavy atom. The van der Waals surface area contributed by atoms with Gasteiger partial charge in [-0.25, -0.2) is 4.79 Å². The first-order valence-electron chi connectivity index (χ1n) is 11.0. The van der Waals surface area contributed by atoms with Gasteiger partial charge in [-0.15, -0.1) is 0 Å². The van der Waals surface area contributed by atoms with Crippen LogP contribution in [0.3, 0.4) is 0 Å². The molecule has 0 aliphatic carbocycles. The van der Waals surface area contributed by atoms with Gasteiger partial charge < -0.3 is 29.0 Å². The number of amides is 2. The van der Waals surface area contributed by atoms with Gasteiger partial charge in [0.15, 0.2) is 6.61 Å². The summed E-state index contributed by atoms with van der Waals surface area (Å²) in [7, 11) is -0.442. The number of likely N-dealkylation sites (tertiary alicyclic amines) is 1. The first-order chi connectivity index (χ1) is 14.7. The molecule has 0 saturated carbocycles. The van der Waals surface area contributed by atoms with Crippen molar-refractivity contribution in [1.29, 1.82) is 0 Å². The van der Waals surface area contributed by atoms with Crippen LogP contribution < -0.4 is 15.5 Å². The molecule has 176 valence electrons. The van der Waals surface area contributed by atoms with Crippen molar-refractivity contribution in [3.8, 4) is 5.75 Å². The molecule has 2 fully saturated rings. The molecule has 0 atom stereocenters. The van der Waals surface area contributed by atoms with Gasteiger partial charge in [0, 0.05) is 13.1 Å². The molecule has 1 N–H and O–H groups in total. The van der Waals surface area contributed by atoms with Gasteiger partial charge in [-0.1, -0.05) is 12.1 Å². The lowest BCUT2D eigenvalue weighted by Crippen LogP contribution is -2.62. The summed E-state index contributed by atoms with van der Waals surface area (Å²) in [6.07, 6.45) is -0.364. The number of nitrogens with one attached hydrogen (secondary N) is 1. The van der Waals surface area contributed by atoms with Crippen LogP contribution >= 0.6 is 0 Å². The first kappa shape index (κ1) is 24.4. The standard InChI is InChI=1S/C23H35BN2O6/c1-15-11-16(24-31-22(5,6)23(7,8)32-24)9-10-18(15)29-14-19(27)25-17-12-26(13-17)20(28)30-21(2,3)4/h9-11,17H,12-14H2,1-8H3,(H,25,27). The minimum Gasteiger partial charge on any atom is -0.484 e. The highest BCUT2D eigenvalue weighted by Crippen LogP contribution is 2.36. The quantitative estimate of drug-likeness (QED) is 0.700. The Kier molecular flexibility index (Phi) is 6.55. The van der Waals surface area contributed by atoms with Crippen LogP contribution in [0.25, 0.3) is 0 Å². The molecule has 0 spiro atoms. The molecule has 2 aliphatic heterocycles. The third kappa shape index (κ3) is 5.56. The molecule has 1 aromatic rings. The summed E-state index contributed by atoms with van der Waals surface area (Å²) >= 11 is 0. The maximum absolute atomic E-state index is 12.2. The van der Waals surface area contributed by atoms with Crippen molar-refractivity contribution >= 4 is 24.6 Å². The minimum absolute atomic E-state index is 0.0922. The lowest BCUT2D eigenvalue weighted by molar-refractivity contribution is -0.125. The Hall–Kier alpha value is -2.26. The largest absolute Gasteiger partial charge is 0.494 e. The van der Waals surface area contributed by atoms with E-state index in [0.29, 0.717) is 18.8 Å². The number of hydrogen-bond donors (Lipinski definition) is 1. The van der Waals surface area contributed by atoms with Crippen LogP contribution in [0, 0.1) is 6.92 Å². The average Bonchev–Trinajstić information content (AvgIpc) is 2.82. The van der Waals surface area contributed by atoms with Crippen LogP contribution in [0.5, 0.6) is 5.75 Å². The second-order valence-corrected chi connectivity index (χ2v) is 10.6. The van der Waals surface area contributed by atoms with E-state index in [0.717, 1.165) is 11.0 Å². The van der Waals surface area contributed by atoms with E-state index in [1.807, 2.05) is 73.6 Å². The third-order valence-electron chi connectivity index (χ3n) is 5.98. The minimum atomic E-state index is -0.533. The normalized spacial score (nSPS) is 20.0. The summed E-state index contributed by atoms with van der Waals surface area (Å²) in [6.45, 7) is 16.2. The molecular weight excluding hydrogens is 411 g/mol. The number of aryl methyl sites for hydroxylation is 1. The van der Waals surface area contributed by atoms with Gasteiger partial charge in [0.2, 0.25) is 0 Å². The van der Waals surface area contributed by atoms with Crippen molar-refractivity contribution in [2.75, 3.05) is 19.7 Å². The Balaban J connectivity index is 1.46. The number of carbonyl (C=O) groups is 2. The zero-order valence-electron chi connectivity index (χ0n) is 20.4. The van der Waals surface area contributed by atoms with E-state index < -0.39 is 23.9 Å². The van der Waals surface area contributed by atoms with Crippen LogP contribution in [0.1, 0.15) is 54.0 Å². The Morgan fingerprint density at radius 2 is 1.75 bits per heavy atom. The average molecular weight is 446 g/mol. The van der Waals surface area contributed by atoms with Gasteiger partial charge in [-0.2, -0.15) is 0 Å². The summed E-state index contributed by atoms with van der Waals surface area (Å²) in [5.41, 5.74) is 0.466. The predicted octanol–water partition coefficient (Wildman–Crippen LogP) is 2.41. The van der Waals surface area contributed by atoms with Crippen LogP contribution in [0.15, 0.2) is 18.2 Å². The maximum Gasteiger partial charge on any atom is 0.494 e. The van der Waals surface area contributed by atoms with Crippen LogP contribution in [-0.2, 0) is 18.8 Å². The molecule has 2 amide bonds. The number of rotatable bonds is 5. The zero-order chi connectivity index (χ0) is 23.9. The second-order valence-electron chi connectivity index (χ2n) is 10.6. The molecule has 3 rings (SSSR count). The zero-order valence-corrected chi connectivity index (χ0v) is 20.4. The highest BCUT2D eigenvalue weighted by molar-refractivity contribution is 6.62. The van der Waals surface area contributed by atoms with Crippen molar-refractivity contribution in [2.45, 2.75) is 78.2 Å². The molecule has 0 radical (unpaired) electrons. The monoisotopic (exact) mass is 446 g/mol. The summed E-state index contributed by atoms with van der Waals surface area (Å²) in [6, 6.07) is 5.59. The number of hydrogen-bond acceptors (Lipinski definition) is 6. The van der Waals surface area contributed by atoms with Crippen molar-refractivity contribution in [2.24, 2.45) is 0 Å². The molecule has 0 bridgehead atoms. The third-order valence-corrected chi connectivity index (χ3v) is 5.98. The molecule has 8 nitrogen and oxygen atoms in total. The van der Waals surface area contributed by atoms with E-state index in [-0.39, 0.29) is 24.6 Å².